The zero-order valence-electron chi connectivity index (χ0n) is 12.7. The van der Waals surface area contributed by atoms with Crippen molar-refractivity contribution in [3.05, 3.63) is 17.5 Å². The molecule has 2 heterocycles. The highest BCUT2D eigenvalue weighted by molar-refractivity contribution is 5.79. The maximum atomic E-state index is 11.8. The zero-order valence-corrected chi connectivity index (χ0v) is 12.7. The van der Waals surface area contributed by atoms with Gasteiger partial charge in [-0.3, -0.25) is 14.4 Å². The number of carbonyl (C=O) groups is 1. The monoisotopic (exact) mass is 279 g/mol. The highest BCUT2D eigenvalue weighted by atomic mass is 16.4. The normalized spacial score (nSPS) is 23.4. The Hall–Kier alpha value is -1.36. The van der Waals surface area contributed by atoms with Crippen LogP contribution in [-0.4, -0.2) is 37.8 Å². The molecule has 1 atom stereocenters. The minimum Gasteiger partial charge on any atom is -0.480 e. The Kier molecular flexibility index (Phi) is 4.48. The first-order valence-corrected chi connectivity index (χ1v) is 7.53. The van der Waals surface area contributed by atoms with Gasteiger partial charge in [-0.25, -0.2) is 0 Å². The van der Waals surface area contributed by atoms with Gasteiger partial charge in [0.15, 0.2) is 0 Å². The number of likely N-dealkylation sites (tertiary alicyclic amines) is 1. The average molecular weight is 279 g/mol. The van der Waals surface area contributed by atoms with Crippen LogP contribution in [0.4, 0.5) is 0 Å². The Morgan fingerprint density at radius 3 is 2.85 bits per heavy atom. The molecule has 0 spiro atoms. The van der Waals surface area contributed by atoms with Crippen molar-refractivity contribution in [1.29, 1.82) is 0 Å². The first-order chi connectivity index (χ1) is 9.53. The molecule has 2 rings (SSSR count). The number of nitrogens with zero attached hydrogens (tertiary/aromatic N) is 3. The third kappa shape index (κ3) is 2.59. The van der Waals surface area contributed by atoms with Crippen molar-refractivity contribution in [2.75, 3.05) is 6.54 Å². The minimum atomic E-state index is -0.671. The molecule has 1 aromatic heterocycles. The maximum Gasteiger partial charge on any atom is 0.324 e. The fraction of sp³-hybridized carbons (Fsp3) is 0.733. The van der Waals surface area contributed by atoms with Crippen LogP contribution < -0.4 is 0 Å². The Labute approximate surface area is 120 Å². The fourth-order valence-electron chi connectivity index (χ4n) is 3.43. The van der Waals surface area contributed by atoms with Gasteiger partial charge < -0.3 is 5.11 Å². The lowest BCUT2D eigenvalue weighted by Gasteiger charge is -2.34. The number of carboxylic acids is 1. The van der Waals surface area contributed by atoms with E-state index in [9.17, 15) is 9.90 Å². The van der Waals surface area contributed by atoms with Crippen molar-refractivity contribution >= 4 is 5.97 Å². The van der Waals surface area contributed by atoms with E-state index in [1.165, 1.54) is 5.56 Å². The smallest absolute Gasteiger partial charge is 0.324 e. The molecule has 1 N–H and O–H groups in total. The van der Waals surface area contributed by atoms with E-state index >= 15 is 0 Å². The summed E-state index contributed by atoms with van der Waals surface area (Å²) in [4.78, 5) is 14.0. The molecule has 1 aromatic rings. The highest BCUT2D eigenvalue weighted by Gasteiger charge is 2.46. The van der Waals surface area contributed by atoms with Crippen LogP contribution in [0.2, 0.25) is 0 Å². The topological polar surface area (TPSA) is 58.4 Å². The van der Waals surface area contributed by atoms with E-state index in [4.69, 9.17) is 0 Å². The van der Waals surface area contributed by atoms with Crippen molar-refractivity contribution in [2.24, 2.45) is 7.05 Å². The average Bonchev–Trinajstić information content (AvgIpc) is 2.95. The molecule has 0 radical (unpaired) electrons. The fourth-order valence-corrected chi connectivity index (χ4v) is 3.43. The summed E-state index contributed by atoms with van der Waals surface area (Å²) in [5.41, 5.74) is 1.57. The van der Waals surface area contributed by atoms with Crippen molar-refractivity contribution in [1.82, 2.24) is 14.7 Å². The molecule has 0 bridgehead atoms. The molecule has 0 aromatic carbocycles. The van der Waals surface area contributed by atoms with Crippen LogP contribution in [0.25, 0.3) is 0 Å². The van der Waals surface area contributed by atoms with Gasteiger partial charge in [-0.1, -0.05) is 20.3 Å². The summed E-state index contributed by atoms with van der Waals surface area (Å²) < 4.78 is 1.83. The van der Waals surface area contributed by atoms with E-state index < -0.39 is 11.5 Å². The molecule has 1 unspecified atom stereocenters. The maximum absolute atomic E-state index is 11.8. The lowest BCUT2D eigenvalue weighted by atomic mass is 9.90. The van der Waals surface area contributed by atoms with E-state index in [1.807, 2.05) is 17.9 Å². The first kappa shape index (κ1) is 15.0. The molecule has 5 heteroatoms. The summed E-state index contributed by atoms with van der Waals surface area (Å²) >= 11 is 0. The van der Waals surface area contributed by atoms with E-state index in [0.717, 1.165) is 44.3 Å². The van der Waals surface area contributed by atoms with Crippen molar-refractivity contribution in [2.45, 2.75) is 58.0 Å². The van der Waals surface area contributed by atoms with Gasteiger partial charge in [0.05, 0.1) is 5.69 Å². The van der Waals surface area contributed by atoms with Gasteiger partial charge >= 0.3 is 5.97 Å². The predicted octanol–water partition coefficient (Wildman–Crippen LogP) is 2.20. The molecule has 1 saturated heterocycles. The number of hydrogen-bond donors (Lipinski definition) is 1. The second kappa shape index (κ2) is 5.95. The van der Waals surface area contributed by atoms with Crippen LogP contribution in [0.1, 0.15) is 50.8 Å². The zero-order chi connectivity index (χ0) is 14.8. The lowest BCUT2D eigenvalue weighted by molar-refractivity contribution is -0.150. The van der Waals surface area contributed by atoms with Crippen molar-refractivity contribution < 1.29 is 9.90 Å². The number of aliphatic carboxylic acids is 1. The van der Waals surface area contributed by atoms with Crippen LogP contribution in [0.3, 0.4) is 0 Å². The summed E-state index contributed by atoms with van der Waals surface area (Å²) in [5, 5.41) is 14.2. The number of carboxylic acid groups (broad SMARTS) is 1. The van der Waals surface area contributed by atoms with Gasteiger partial charge in [0, 0.05) is 25.4 Å². The standard InChI is InChI=1S/C15H25N3O2/c1-4-7-15(14(19)20)8-6-9-18(15)11-12-10-17(3)16-13(12)5-2/h10H,4-9,11H2,1-3H3,(H,19,20). The van der Waals surface area contributed by atoms with E-state index in [-0.39, 0.29) is 0 Å². The molecule has 1 fully saturated rings. The molecule has 0 amide bonds. The van der Waals surface area contributed by atoms with Crippen LogP contribution in [0, 0.1) is 0 Å². The molecular weight excluding hydrogens is 254 g/mol. The Balaban J connectivity index is 2.24. The van der Waals surface area contributed by atoms with E-state index in [2.05, 4.69) is 23.8 Å². The third-order valence-corrected chi connectivity index (χ3v) is 4.37. The summed E-state index contributed by atoms with van der Waals surface area (Å²) in [6, 6.07) is 0. The largest absolute Gasteiger partial charge is 0.480 e. The van der Waals surface area contributed by atoms with Gasteiger partial charge in [-0.2, -0.15) is 5.10 Å². The predicted molar refractivity (Wildman–Crippen MR) is 77.5 cm³/mol. The van der Waals surface area contributed by atoms with Crippen molar-refractivity contribution in [3.8, 4) is 0 Å². The van der Waals surface area contributed by atoms with Crippen molar-refractivity contribution in [3.63, 3.8) is 0 Å². The number of aromatic nitrogens is 2. The molecule has 0 aliphatic carbocycles. The SMILES string of the molecule is CCCC1(C(=O)O)CCCN1Cc1cn(C)nc1CC. The second-order valence-corrected chi connectivity index (χ2v) is 5.74. The Morgan fingerprint density at radius 2 is 2.25 bits per heavy atom. The second-order valence-electron chi connectivity index (χ2n) is 5.74. The summed E-state index contributed by atoms with van der Waals surface area (Å²) in [7, 11) is 1.92. The Bertz CT molecular complexity index is 483. The van der Waals surface area contributed by atoms with Gasteiger partial charge in [0.1, 0.15) is 5.54 Å². The van der Waals surface area contributed by atoms with Crippen LogP contribution in [0.15, 0.2) is 6.20 Å². The molecular formula is C15H25N3O2. The Morgan fingerprint density at radius 1 is 1.50 bits per heavy atom. The number of aryl methyl sites for hydroxylation is 2. The quantitative estimate of drug-likeness (QED) is 0.867. The van der Waals surface area contributed by atoms with Gasteiger partial charge in [0.25, 0.3) is 0 Å². The molecule has 1 aliphatic rings. The molecule has 0 saturated carbocycles. The van der Waals surface area contributed by atoms with Crippen LogP contribution in [0.5, 0.6) is 0 Å². The summed E-state index contributed by atoms with van der Waals surface area (Å²) in [6.45, 7) is 5.71. The van der Waals surface area contributed by atoms with Gasteiger partial charge in [-0.05, 0) is 32.2 Å². The first-order valence-electron chi connectivity index (χ1n) is 7.53. The third-order valence-electron chi connectivity index (χ3n) is 4.37. The summed E-state index contributed by atoms with van der Waals surface area (Å²) in [5.74, 6) is -0.668. The lowest BCUT2D eigenvalue weighted by Crippen LogP contribution is -2.50. The molecule has 1 aliphatic heterocycles. The molecule has 20 heavy (non-hydrogen) atoms. The number of hydrogen-bond acceptors (Lipinski definition) is 3. The van der Waals surface area contributed by atoms with Crippen LogP contribution >= 0.6 is 0 Å². The molecule has 5 nitrogen and oxygen atoms in total. The number of rotatable bonds is 6. The van der Waals surface area contributed by atoms with E-state index in [1.54, 1.807) is 0 Å². The highest BCUT2D eigenvalue weighted by Crippen LogP contribution is 2.35. The van der Waals surface area contributed by atoms with Crippen LogP contribution in [-0.2, 0) is 24.8 Å². The minimum absolute atomic E-state index is 0.668. The molecule has 112 valence electrons. The summed E-state index contributed by atoms with van der Waals surface area (Å²) in [6.07, 6.45) is 6.26. The van der Waals surface area contributed by atoms with Gasteiger partial charge in [0.2, 0.25) is 0 Å². The van der Waals surface area contributed by atoms with Gasteiger partial charge in [-0.15, -0.1) is 0 Å². The van der Waals surface area contributed by atoms with E-state index in [0.29, 0.717) is 6.54 Å².